The minimum atomic E-state index is -0.330. The van der Waals surface area contributed by atoms with Crippen molar-refractivity contribution in [3.63, 3.8) is 0 Å². The first kappa shape index (κ1) is 17.2. The Morgan fingerprint density at radius 1 is 0.885 bits per heavy atom. The average molecular weight is 342 g/mol. The Morgan fingerprint density at radius 3 is 2.15 bits per heavy atom. The first-order valence-corrected chi connectivity index (χ1v) is 8.28. The van der Waals surface area contributed by atoms with Crippen LogP contribution in [0.25, 0.3) is 0 Å². The van der Waals surface area contributed by atoms with Crippen LogP contribution in [0.3, 0.4) is 0 Å². The second-order valence-corrected chi connectivity index (χ2v) is 5.54. The van der Waals surface area contributed by atoms with Gasteiger partial charge >= 0.3 is 6.09 Å². The van der Waals surface area contributed by atoms with Crippen LogP contribution in [0.15, 0.2) is 85.2 Å². The summed E-state index contributed by atoms with van der Waals surface area (Å²) in [7, 11) is 0. The molecule has 4 rings (SSSR count). The number of carbonyl (C=O) groups is 1. The van der Waals surface area contributed by atoms with Crippen molar-refractivity contribution in [2.24, 2.45) is 0 Å². The molecule has 128 valence electrons. The summed E-state index contributed by atoms with van der Waals surface area (Å²) in [6, 6.07) is 23.5. The zero-order chi connectivity index (χ0) is 18.0. The maximum absolute atomic E-state index is 10.7. The van der Waals surface area contributed by atoms with Crippen molar-refractivity contribution in [2.75, 3.05) is 6.54 Å². The van der Waals surface area contributed by atoms with Crippen LogP contribution in [0.2, 0.25) is 0 Å². The van der Waals surface area contributed by atoms with Crippen molar-refractivity contribution >= 4 is 6.09 Å². The third kappa shape index (κ3) is 5.22. The Labute approximate surface area is 152 Å². The van der Waals surface area contributed by atoms with Gasteiger partial charge < -0.3 is 10.1 Å². The van der Waals surface area contributed by atoms with E-state index in [2.05, 4.69) is 22.1 Å². The average Bonchev–Trinajstić information content (AvgIpc) is 3.16. The molecule has 0 bridgehead atoms. The molecule has 3 aromatic rings. The van der Waals surface area contributed by atoms with Crippen LogP contribution < -0.4 is 5.32 Å². The van der Waals surface area contributed by atoms with Gasteiger partial charge in [0.1, 0.15) is 6.10 Å². The Kier molecular flexibility index (Phi) is 6.00. The molecule has 4 nitrogen and oxygen atoms in total. The molecule has 1 aliphatic heterocycles. The molecular weight excluding hydrogens is 324 g/mol. The normalized spacial score (nSPS) is 14.8. The first-order chi connectivity index (χ1) is 12.8. The highest BCUT2D eigenvalue weighted by Gasteiger charge is 2.23. The largest absolute Gasteiger partial charge is 0.439 e. The maximum atomic E-state index is 10.7. The summed E-state index contributed by atoms with van der Waals surface area (Å²) < 4.78 is 5.00. The van der Waals surface area contributed by atoms with Gasteiger partial charge in [0.15, 0.2) is 0 Å². The smallest absolute Gasteiger partial charge is 0.407 e. The molecule has 1 amide bonds. The molecule has 2 aromatic carbocycles. The van der Waals surface area contributed by atoms with Gasteiger partial charge in [0.2, 0.25) is 0 Å². The highest BCUT2D eigenvalue weighted by atomic mass is 16.6. The first-order valence-electron chi connectivity index (χ1n) is 8.28. The summed E-state index contributed by atoms with van der Waals surface area (Å²) in [5.74, 6) is 6.12. The zero-order valence-electron chi connectivity index (χ0n) is 14.1. The van der Waals surface area contributed by atoms with E-state index < -0.39 is 0 Å². The van der Waals surface area contributed by atoms with E-state index in [1.807, 2.05) is 72.8 Å². The predicted octanol–water partition coefficient (Wildman–Crippen LogP) is 3.95. The number of hydrogen-bond acceptors (Lipinski definition) is 3. The van der Waals surface area contributed by atoms with Crippen LogP contribution in [-0.4, -0.2) is 17.6 Å². The van der Waals surface area contributed by atoms with Crippen molar-refractivity contribution < 1.29 is 9.53 Å². The molecule has 2 heterocycles. The van der Waals surface area contributed by atoms with Crippen LogP contribution in [0.1, 0.15) is 22.8 Å². The molecule has 0 aliphatic carbocycles. The number of aromatic nitrogens is 1. The van der Waals surface area contributed by atoms with Crippen molar-refractivity contribution in [3.05, 3.63) is 102 Å². The molecule has 0 spiro atoms. The highest BCUT2D eigenvalue weighted by molar-refractivity contribution is 5.69. The number of cyclic esters (lactones) is 1. The van der Waals surface area contributed by atoms with Gasteiger partial charge in [0.25, 0.3) is 0 Å². The molecule has 1 fully saturated rings. The Bertz CT molecular complexity index is 841. The van der Waals surface area contributed by atoms with Crippen LogP contribution >= 0.6 is 0 Å². The molecule has 0 saturated carbocycles. The van der Waals surface area contributed by atoms with E-state index in [0.29, 0.717) is 6.54 Å². The zero-order valence-corrected chi connectivity index (χ0v) is 14.1. The van der Waals surface area contributed by atoms with Gasteiger partial charge in [-0.15, -0.1) is 0 Å². The van der Waals surface area contributed by atoms with E-state index >= 15 is 0 Å². The SMILES string of the molecule is C(#Cc1cccnc1)c1ccccc1.O=C1NC[C@H](c2ccccc2)O1. The lowest BCUT2D eigenvalue weighted by atomic mass is 10.1. The molecule has 4 heteroatoms. The van der Waals surface area contributed by atoms with Gasteiger partial charge in [-0.05, 0) is 29.8 Å². The topological polar surface area (TPSA) is 51.2 Å². The van der Waals surface area contributed by atoms with E-state index in [-0.39, 0.29) is 12.2 Å². The Balaban J connectivity index is 0.000000152. The molecule has 1 aromatic heterocycles. The fourth-order valence-electron chi connectivity index (χ4n) is 2.34. The molecule has 1 N–H and O–H groups in total. The number of nitrogens with zero attached hydrogens (tertiary/aromatic N) is 1. The third-order valence-electron chi connectivity index (χ3n) is 3.64. The number of hydrogen-bond donors (Lipinski definition) is 1. The highest BCUT2D eigenvalue weighted by Crippen LogP contribution is 2.19. The summed E-state index contributed by atoms with van der Waals surface area (Å²) in [4.78, 5) is 14.7. The number of amides is 1. The van der Waals surface area contributed by atoms with Crippen LogP contribution in [0.4, 0.5) is 4.79 Å². The summed E-state index contributed by atoms with van der Waals surface area (Å²) in [6.07, 6.45) is 3.06. The number of carbonyl (C=O) groups excluding carboxylic acids is 1. The Morgan fingerprint density at radius 2 is 1.54 bits per heavy atom. The van der Waals surface area contributed by atoms with Gasteiger partial charge in [-0.1, -0.05) is 60.4 Å². The van der Waals surface area contributed by atoms with E-state index in [0.717, 1.165) is 16.7 Å². The number of rotatable bonds is 1. The van der Waals surface area contributed by atoms with Gasteiger partial charge in [-0.3, -0.25) is 4.98 Å². The van der Waals surface area contributed by atoms with Crippen LogP contribution in [0.5, 0.6) is 0 Å². The summed E-state index contributed by atoms with van der Waals surface area (Å²) in [6.45, 7) is 0.572. The van der Waals surface area contributed by atoms with Gasteiger partial charge in [0.05, 0.1) is 6.54 Å². The van der Waals surface area contributed by atoms with E-state index in [4.69, 9.17) is 4.74 Å². The van der Waals surface area contributed by atoms with Crippen molar-refractivity contribution in [1.29, 1.82) is 0 Å². The number of benzene rings is 2. The predicted molar refractivity (Wildman–Crippen MR) is 100 cm³/mol. The maximum Gasteiger partial charge on any atom is 0.407 e. The number of pyridine rings is 1. The second kappa shape index (κ2) is 9.05. The lowest BCUT2D eigenvalue weighted by Gasteiger charge is -2.06. The monoisotopic (exact) mass is 342 g/mol. The fraction of sp³-hybridized carbons (Fsp3) is 0.0909. The van der Waals surface area contributed by atoms with Crippen LogP contribution in [0, 0.1) is 11.8 Å². The van der Waals surface area contributed by atoms with E-state index in [1.54, 1.807) is 12.4 Å². The molecular formula is C22H18N2O2. The molecule has 0 radical (unpaired) electrons. The third-order valence-corrected chi connectivity index (χ3v) is 3.64. The molecule has 0 unspecified atom stereocenters. The van der Waals surface area contributed by atoms with Crippen LogP contribution in [-0.2, 0) is 4.74 Å². The molecule has 1 aliphatic rings. The summed E-state index contributed by atoms with van der Waals surface area (Å²) >= 11 is 0. The lowest BCUT2D eigenvalue weighted by molar-refractivity contribution is 0.141. The number of nitrogens with one attached hydrogen (secondary N) is 1. The van der Waals surface area contributed by atoms with Gasteiger partial charge in [-0.2, -0.15) is 0 Å². The van der Waals surface area contributed by atoms with Gasteiger partial charge in [-0.25, -0.2) is 4.79 Å². The van der Waals surface area contributed by atoms with E-state index in [9.17, 15) is 4.79 Å². The van der Waals surface area contributed by atoms with Crippen molar-refractivity contribution in [1.82, 2.24) is 10.3 Å². The summed E-state index contributed by atoms with van der Waals surface area (Å²) in [5, 5.41) is 2.61. The summed E-state index contributed by atoms with van der Waals surface area (Å²) in [5.41, 5.74) is 3.00. The number of ether oxygens (including phenoxy) is 1. The molecule has 26 heavy (non-hydrogen) atoms. The second-order valence-electron chi connectivity index (χ2n) is 5.54. The molecule has 1 saturated heterocycles. The minimum Gasteiger partial charge on any atom is -0.439 e. The van der Waals surface area contributed by atoms with Gasteiger partial charge in [0, 0.05) is 23.5 Å². The Hall–Kier alpha value is -3.58. The molecule has 1 atom stereocenters. The number of alkyl carbamates (subject to hydrolysis) is 1. The standard InChI is InChI=1S/C13H9N.C9H9NO2/c1-2-5-12(6-3-1)8-9-13-7-4-10-14-11-13;11-9-10-6-8(12-9)7-4-2-1-3-5-7/h1-7,10-11H;1-5,8H,6H2,(H,10,11)/t;8-/m.1/s1. The lowest BCUT2D eigenvalue weighted by Crippen LogP contribution is -2.12. The minimum absolute atomic E-state index is 0.112. The van der Waals surface area contributed by atoms with E-state index in [1.165, 1.54) is 0 Å². The fourth-order valence-corrected chi connectivity index (χ4v) is 2.34. The van der Waals surface area contributed by atoms with Crippen molar-refractivity contribution in [2.45, 2.75) is 6.10 Å². The quantitative estimate of drug-likeness (QED) is 0.681. The van der Waals surface area contributed by atoms with Crippen molar-refractivity contribution in [3.8, 4) is 11.8 Å².